The number of allylic oxidation sites excluding steroid dienone is 1. The summed E-state index contributed by atoms with van der Waals surface area (Å²) < 4.78 is 47.7. The molecule has 380 valence electrons. The normalized spacial score (nSPS) is 20.3. The molecule has 1 aliphatic rings. The average molecular weight is 934 g/mol. The van der Waals surface area contributed by atoms with E-state index in [9.17, 15) is 38.2 Å². The van der Waals surface area contributed by atoms with Crippen molar-refractivity contribution in [3.63, 3.8) is 0 Å². The predicted octanol–water partition coefficient (Wildman–Crippen LogP) is 11.5. The molecule has 0 aromatic rings. The van der Waals surface area contributed by atoms with Crippen molar-refractivity contribution in [3.8, 4) is 0 Å². The van der Waals surface area contributed by atoms with Crippen molar-refractivity contribution in [1.82, 2.24) is 5.32 Å². The van der Waals surface area contributed by atoms with Crippen molar-refractivity contribution in [2.24, 2.45) is 0 Å². The van der Waals surface area contributed by atoms with E-state index in [1.807, 2.05) is 6.08 Å². The van der Waals surface area contributed by atoms with Crippen LogP contribution in [0.1, 0.15) is 251 Å². The van der Waals surface area contributed by atoms with E-state index in [0.29, 0.717) is 6.42 Å². The molecule has 0 saturated carbocycles. The number of hydrogen-bond acceptors (Lipinski definition) is 10. The molecular weight excluding hydrogens is 835 g/mol. The fourth-order valence-electron chi connectivity index (χ4n) is 8.69. The molecule has 1 fully saturated rings. The van der Waals surface area contributed by atoms with Gasteiger partial charge in [-0.05, 0) is 19.3 Å². The summed E-state index contributed by atoms with van der Waals surface area (Å²) in [7, 11) is -5.08. The molecule has 0 aromatic heterocycles. The van der Waals surface area contributed by atoms with Crippen molar-refractivity contribution >= 4 is 16.3 Å². The lowest BCUT2D eigenvalue weighted by Gasteiger charge is -2.41. The minimum Gasteiger partial charge on any atom is -0.394 e. The highest BCUT2D eigenvalue weighted by Crippen LogP contribution is 2.26. The fourth-order valence-corrected chi connectivity index (χ4v) is 9.20. The van der Waals surface area contributed by atoms with Crippen LogP contribution in [0.15, 0.2) is 12.2 Å². The SMILES string of the molecule is CCCCCCCCCCCCCCCCCCCCCCC/C=C/C(O)C(COC1OC(CO)C(O)C(OS(=O)(=O)O)C1O)NC(=O)CCCCCCCCCCCCCCCC. The zero-order chi connectivity index (χ0) is 46.9. The maximum atomic E-state index is 13.1. The first-order valence-electron chi connectivity index (χ1n) is 26.6. The Labute approximate surface area is 391 Å². The van der Waals surface area contributed by atoms with E-state index in [-0.39, 0.29) is 18.9 Å². The summed E-state index contributed by atoms with van der Waals surface area (Å²) in [5.74, 6) is -0.259. The van der Waals surface area contributed by atoms with Gasteiger partial charge in [-0.2, -0.15) is 8.42 Å². The largest absolute Gasteiger partial charge is 0.397 e. The quantitative estimate of drug-likeness (QED) is 0.0193. The number of hydrogen-bond donors (Lipinski definition) is 6. The Hall–Kier alpha value is -1.16. The average Bonchev–Trinajstić information content (AvgIpc) is 3.27. The van der Waals surface area contributed by atoms with Gasteiger partial charge in [-0.15, -0.1) is 0 Å². The monoisotopic (exact) mass is 934 g/mol. The lowest BCUT2D eigenvalue weighted by atomic mass is 9.99. The Morgan fingerprint density at radius 2 is 0.984 bits per heavy atom. The molecule has 0 aromatic carbocycles. The molecule has 7 unspecified atom stereocenters. The van der Waals surface area contributed by atoms with E-state index >= 15 is 0 Å². The third kappa shape index (κ3) is 34.2. The Morgan fingerprint density at radius 1 is 0.609 bits per heavy atom. The van der Waals surface area contributed by atoms with E-state index in [0.717, 1.165) is 38.5 Å². The number of carbonyl (C=O) groups is 1. The zero-order valence-corrected chi connectivity index (χ0v) is 41.7. The van der Waals surface area contributed by atoms with Crippen molar-refractivity contribution < 1.29 is 51.8 Å². The molecule has 0 bridgehead atoms. The number of amides is 1. The molecule has 1 aliphatic heterocycles. The highest BCUT2D eigenvalue weighted by Gasteiger charge is 2.48. The number of ether oxygens (including phenoxy) is 2. The number of carbonyl (C=O) groups excluding carboxylic acids is 1. The highest BCUT2D eigenvalue weighted by atomic mass is 32.3. The first-order valence-corrected chi connectivity index (χ1v) is 27.9. The summed E-state index contributed by atoms with van der Waals surface area (Å²) in [6, 6.07) is -0.939. The Balaban J connectivity index is 2.41. The first kappa shape index (κ1) is 60.9. The van der Waals surface area contributed by atoms with E-state index in [1.54, 1.807) is 6.08 Å². The van der Waals surface area contributed by atoms with Crippen LogP contribution in [0, 0.1) is 0 Å². The lowest BCUT2D eigenvalue weighted by Crippen LogP contribution is -2.61. The molecular formula is C51H99NO11S. The molecule has 0 aliphatic carbocycles. The predicted molar refractivity (Wildman–Crippen MR) is 259 cm³/mol. The highest BCUT2D eigenvalue weighted by molar-refractivity contribution is 7.80. The Bertz CT molecular complexity index is 1190. The number of aliphatic hydroxyl groups is 4. The summed E-state index contributed by atoms with van der Waals surface area (Å²) >= 11 is 0. The van der Waals surface area contributed by atoms with E-state index in [4.69, 9.17) is 9.47 Å². The maximum Gasteiger partial charge on any atom is 0.397 e. The van der Waals surface area contributed by atoms with Crippen molar-refractivity contribution in [2.75, 3.05) is 13.2 Å². The molecule has 1 amide bonds. The molecule has 1 heterocycles. The van der Waals surface area contributed by atoms with Crippen molar-refractivity contribution in [3.05, 3.63) is 12.2 Å². The summed E-state index contributed by atoms with van der Waals surface area (Å²) in [4.78, 5) is 13.1. The van der Waals surface area contributed by atoms with Gasteiger partial charge in [0, 0.05) is 6.42 Å². The maximum absolute atomic E-state index is 13.1. The lowest BCUT2D eigenvalue weighted by molar-refractivity contribution is -0.298. The van der Waals surface area contributed by atoms with Gasteiger partial charge in [0.05, 0.1) is 25.4 Å². The topological polar surface area (TPSA) is 192 Å². The third-order valence-corrected chi connectivity index (χ3v) is 13.3. The molecule has 12 nitrogen and oxygen atoms in total. The van der Waals surface area contributed by atoms with Gasteiger partial charge in [0.15, 0.2) is 6.29 Å². The van der Waals surface area contributed by atoms with Crippen LogP contribution >= 0.6 is 0 Å². The van der Waals surface area contributed by atoms with Gasteiger partial charge in [0.1, 0.15) is 24.4 Å². The molecule has 1 saturated heterocycles. The van der Waals surface area contributed by atoms with Crippen LogP contribution in [0.4, 0.5) is 0 Å². The standard InChI is InChI=1S/C51H99NO11S/c1-3-5-7-9-11-13-15-17-19-20-21-22-23-24-25-26-27-28-30-32-34-36-38-40-45(54)44(43-61-51-49(57)50(63-64(58,59)60)48(56)46(42-53)62-51)52-47(55)41-39-37-35-33-31-29-18-16-14-12-10-8-6-4-2/h38,40,44-46,48-51,53-54,56-57H,3-37,39,41-43H2,1-2H3,(H,52,55)(H,58,59,60)/b40-38+. The van der Waals surface area contributed by atoms with Crippen LogP contribution in [-0.2, 0) is 28.9 Å². The molecule has 13 heteroatoms. The van der Waals surface area contributed by atoms with Gasteiger partial charge >= 0.3 is 10.4 Å². The summed E-state index contributed by atoms with van der Waals surface area (Å²) in [6.45, 7) is 3.42. The van der Waals surface area contributed by atoms with Gasteiger partial charge in [0.2, 0.25) is 5.91 Å². The van der Waals surface area contributed by atoms with Crippen LogP contribution in [0.3, 0.4) is 0 Å². The second-order valence-corrected chi connectivity index (χ2v) is 19.9. The number of unbranched alkanes of at least 4 members (excludes halogenated alkanes) is 34. The molecule has 1 rings (SSSR count). The van der Waals surface area contributed by atoms with E-state index in [2.05, 4.69) is 23.3 Å². The van der Waals surface area contributed by atoms with Gasteiger partial charge in [-0.25, -0.2) is 4.18 Å². The van der Waals surface area contributed by atoms with Crippen LogP contribution in [0.25, 0.3) is 0 Å². The molecule has 7 atom stereocenters. The van der Waals surface area contributed by atoms with E-state index in [1.165, 1.54) is 186 Å². The second-order valence-electron chi connectivity index (χ2n) is 18.8. The molecule has 64 heavy (non-hydrogen) atoms. The molecule has 0 radical (unpaired) electrons. The Morgan fingerprint density at radius 3 is 1.36 bits per heavy atom. The van der Waals surface area contributed by atoms with Crippen LogP contribution in [0.2, 0.25) is 0 Å². The summed E-state index contributed by atoms with van der Waals surface area (Å²) in [5, 5.41) is 44.8. The second kappa shape index (κ2) is 42.0. The molecule has 6 N–H and O–H groups in total. The minimum atomic E-state index is -5.08. The van der Waals surface area contributed by atoms with Gasteiger partial charge in [-0.3, -0.25) is 9.35 Å². The van der Waals surface area contributed by atoms with E-state index < -0.39 is 59.9 Å². The van der Waals surface area contributed by atoms with Gasteiger partial charge < -0.3 is 35.2 Å². The van der Waals surface area contributed by atoms with Gasteiger partial charge in [-0.1, -0.05) is 238 Å². The first-order chi connectivity index (χ1) is 31.0. The number of rotatable bonds is 46. The van der Waals surface area contributed by atoms with Crippen LogP contribution in [0.5, 0.6) is 0 Å². The van der Waals surface area contributed by atoms with Crippen molar-refractivity contribution in [1.29, 1.82) is 0 Å². The zero-order valence-electron chi connectivity index (χ0n) is 40.9. The van der Waals surface area contributed by atoms with Gasteiger partial charge in [0.25, 0.3) is 0 Å². The molecule has 0 spiro atoms. The van der Waals surface area contributed by atoms with Crippen LogP contribution < -0.4 is 5.32 Å². The Kier molecular flexibility index (Phi) is 39.9. The third-order valence-electron chi connectivity index (χ3n) is 12.8. The summed E-state index contributed by atoms with van der Waals surface area (Å²) in [5.41, 5.74) is 0. The smallest absolute Gasteiger partial charge is 0.394 e. The van der Waals surface area contributed by atoms with Crippen LogP contribution in [-0.4, -0.2) is 95.4 Å². The number of nitrogens with one attached hydrogen (secondary N) is 1. The summed E-state index contributed by atoms with van der Waals surface area (Å²) in [6.07, 6.45) is 39.7. The number of aliphatic hydroxyl groups excluding tert-OH is 4. The van der Waals surface area contributed by atoms with Crippen molar-refractivity contribution in [2.45, 2.75) is 294 Å². The fraction of sp³-hybridized carbons (Fsp3) is 0.941. The minimum absolute atomic E-state index is 0.259.